The fourth-order valence-electron chi connectivity index (χ4n) is 2.45. The molecule has 4 rings (SSSR count). The Morgan fingerprint density at radius 3 is 2.80 bits per heavy atom. The maximum Gasteiger partial charge on any atom is 0.137 e. The van der Waals surface area contributed by atoms with Gasteiger partial charge in [0, 0.05) is 12.4 Å². The van der Waals surface area contributed by atoms with E-state index in [1.807, 2.05) is 6.20 Å². The van der Waals surface area contributed by atoms with Gasteiger partial charge in [-0.15, -0.1) is 5.10 Å². The molecule has 102 valence electrons. The normalized spacial score (nSPS) is 15.1. The zero-order valence-electron chi connectivity index (χ0n) is 11.0. The zero-order valence-corrected chi connectivity index (χ0v) is 11.0. The van der Waals surface area contributed by atoms with Crippen molar-refractivity contribution in [3.63, 3.8) is 0 Å². The maximum absolute atomic E-state index is 8.98. The molecule has 1 saturated carbocycles. The summed E-state index contributed by atoms with van der Waals surface area (Å²) in [5, 5.41) is 16.8. The van der Waals surface area contributed by atoms with Gasteiger partial charge in [-0.05, 0) is 30.4 Å². The highest BCUT2D eigenvalue weighted by atomic mass is 16.3. The second-order valence-corrected chi connectivity index (χ2v) is 5.30. The number of aliphatic hydroxyl groups excluding tert-OH is 1. The van der Waals surface area contributed by atoms with Gasteiger partial charge < -0.3 is 9.51 Å². The van der Waals surface area contributed by atoms with Crippen LogP contribution in [0.2, 0.25) is 0 Å². The van der Waals surface area contributed by atoms with Crippen LogP contribution >= 0.6 is 0 Å². The summed E-state index contributed by atoms with van der Waals surface area (Å²) in [6, 6.07) is 4.24. The van der Waals surface area contributed by atoms with Crippen LogP contribution in [0.15, 0.2) is 30.7 Å². The second-order valence-electron chi connectivity index (χ2n) is 5.30. The van der Waals surface area contributed by atoms with Gasteiger partial charge in [-0.25, -0.2) is 9.67 Å². The van der Waals surface area contributed by atoms with E-state index >= 15 is 0 Å². The molecule has 1 N–H and O–H groups in total. The van der Waals surface area contributed by atoms with E-state index in [4.69, 9.17) is 5.11 Å². The smallest absolute Gasteiger partial charge is 0.137 e. The van der Waals surface area contributed by atoms with Gasteiger partial charge in [0.25, 0.3) is 0 Å². The summed E-state index contributed by atoms with van der Waals surface area (Å²) >= 11 is 0. The molecular formula is C14H15N5O. The van der Waals surface area contributed by atoms with Crippen LogP contribution in [0, 0.1) is 0 Å². The van der Waals surface area contributed by atoms with Crippen LogP contribution < -0.4 is 0 Å². The average molecular weight is 269 g/mol. The molecule has 0 radical (unpaired) electrons. The third-order valence-electron chi connectivity index (χ3n) is 3.64. The summed E-state index contributed by atoms with van der Waals surface area (Å²) in [6.07, 6.45) is 8.54. The number of aromatic nitrogens is 5. The largest absolute Gasteiger partial charge is 0.390 e. The molecule has 1 aliphatic carbocycles. The lowest BCUT2D eigenvalue weighted by Gasteiger charge is -1.98. The Morgan fingerprint density at radius 1 is 1.15 bits per heavy atom. The van der Waals surface area contributed by atoms with Gasteiger partial charge in [0.05, 0.1) is 25.0 Å². The van der Waals surface area contributed by atoms with E-state index in [2.05, 4.69) is 38.0 Å². The van der Waals surface area contributed by atoms with Gasteiger partial charge in [0.1, 0.15) is 11.3 Å². The molecule has 3 heterocycles. The number of rotatable bonds is 4. The van der Waals surface area contributed by atoms with Crippen molar-refractivity contribution in [3.05, 3.63) is 47.7 Å². The van der Waals surface area contributed by atoms with Crippen molar-refractivity contribution >= 4 is 5.65 Å². The first-order chi connectivity index (χ1) is 9.81. The van der Waals surface area contributed by atoms with Crippen LogP contribution in [-0.4, -0.2) is 29.5 Å². The van der Waals surface area contributed by atoms with Crippen molar-refractivity contribution in [3.8, 4) is 0 Å². The summed E-state index contributed by atoms with van der Waals surface area (Å²) in [5.41, 5.74) is 3.86. The van der Waals surface area contributed by atoms with E-state index < -0.39 is 0 Å². The molecule has 6 nitrogen and oxygen atoms in total. The minimum atomic E-state index is -0.0874. The molecule has 0 aliphatic heterocycles. The molecule has 0 spiro atoms. The first-order valence-corrected chi connectivity index (χ1v) is 6.79. The number of fused-ring (bicyclic) bond motifs is 1. The fourth-order valence-corrected chi connectivity index (χ4v) is 2.45. The van der Waals surface area contributed by atoms with Crippen molar-refractivity contribution in [1.82, 2.24) is 24.4 Å². The van der Waals surface area contributed by atoms with Crippen LogP contribution in [0.25, 0.3) is 5.65 Å². The molecule has 3 aromatic rings. The predicted octanol–water partition coefficient (Wildman–Crippen LogP) is 1.34. The minimum Gasteiger partial charge on any atom is -0.390 e. The summed E-state index contributed by atoms with van der Waals surface area (Å²) in [4.78, 5) is 4.58. The van der Waals surface area contributed by atoms with E-state index in [0.717, 1.165) is 17.3 Å². The Labute approximate surface area is 115 Å². The van der Waals surface area contributed by atoms with E-state index in [-0.39, 0.29) is 6.61 Å². The Hall–Kier alpha value is -2.21. The molecule has 0 atom stereocenters. The quantitative estimate of drug-likeness (QED) is 0.776. The van der Waals surface area contributed by atoms with Crippen molar-refractivity contribution < 1.29 is 5.11 Å². The zero-order chi connectivity index (χ0) is 13.5. The summed E-state index contributed by atoms with van der Waals surface area (Å²) in [7, 11) is 0. The topological polar surface area (TPSA) is 68.2 Å². The van der Waals surface area contributed by atoms with Crippen molar-refractivity contribution in [1.29, 1.82) is 0 Å². The molecule has 0 amide bonds. The molecule has 6 heteroatoms. The highest BCUT2D eigenvalue weighted by Crippen LogP contribution is 2.39. The van der Waals surface area contributed by atoms with Gasteiger partial charge >= 0.3 is 0 Å². The van der Waals surface area contributed by atoms with Crippen LogP contribution in [0.1, 0.15) is 35.7 Å². The van der Waals surface area contributed by atoms with E-state index in [1.54, 1.807) is 10.9 Å². The second kappa shape index (κ2) is 4.42. The van der Waals surface area contributed by atoms with Crippen molar-refractivity contribution in [2.24, 2.45) is 0 Å². The first kappa shape index (κ1) is 11.6. The molecule has 1 aliphatic rings. The number of aliphatic hydroxyl groups is 1. The van der Waals surface area contributed by atoms with E-state index in [1.165, 1.54) is 18.4 Å². The summed E-state index contributed by atoms with van der Waals surface area (Å²) in [6.45, 7) is 0.476. The lowest BCUT2D eigenvalue weighted by molar-refractivity contribution is 0.276. The van der Waals surface area contributed by atoms with Crippen LogP contribution in [0.4, 0.5) is 0 Å². The number of pyridine rings is 1. The van der Waals surface area contributed by atoms with Crippen molar-refractivity contribution in [2.45, 2.75) is 31.9 Å². The van der Waals surface area contributed by atoms with Gasteiger partial charge in [0.2, 0.25) is 0 Å². The minimum absolute atomic E-state index is 0.0874. The molecule has 0 saturated heterocycles. The van der Waals surface area contributed by atoms with Gasteiger partial charge in [-0.1, -0.05) is 11.3 Å². The van der Waals surface area contributed by atoms with Crippen LogP contribution in [-0.2, 0) is 13.2 Å². The maximum atomic E-state index is 8.98. The average Bonchev–Trinajstić information content (AvgIpc) is 3.08. The van der Waals surface area contributed by atoms with Crippen LogP contribution in [0.3, 0.4) is 0 Å². The summed E-state index contributed by atoms with van der Waals surface area (Å²) < 4.78 is 3.77. The highest BCUT2D eigenvalue weighted by molar-refractivity contribution is 5.42. The Bertz CT molecular complexity index is 756. The molecular weight excluding hydrogens is 254 g/mol. The third-order valence-corrected chi connectivity index (χ3v) is 3.64. The van der Waals surface area contributed by atoms with Crippen molar-refractivity contribution in [2.75, 3.05) is 0 Å². The first-order valence-electron chi connectivity index (χ1n) is 6.79. The molecule has 0 aromatic carbocycles. The van der Waals surface area contributed by atoms with Crippen LogP contribution in [0.5, 0.6) is 0 Å². The van der Waals surface area contributed by atoms with Gasteiger partial charge in [0.15, 0.2) is 0 Å². The predicted molar refractivity (Wildman–Crippen MR) is 72.2 cm³/mol. The van der Waals surface area contributed by atoms with Gasteiger partial charge in [-0.3, -0.25) is 0 Å². The summed E-state index contributed by atoms with van der Waals surface area (Å²) in [5.74, 6) is 0.743. The highest BCUT2D eigenvalue weighted by Gasteiger charge is 2.23. The molecule has 3 aromatic heterocycles. The molecule has 0 bridgehead atoms. The number of nitrogens with zero attached hydrogens (tertiary/aromatic N) is 5. The number of hydrogen-bond acceptors (Lipinski definition) is 4. The SMILES string of the molecule is OCc1cn(Cc2cn3cc(C4CC4)ccc3n2)nn1. The lowest BCUT2D eigenvalue weighted by Crippen LogP contribution is -2.00. The third kappa shape index (κ3) is 2.08. The fraction of sp³-hybridized carbons (Fsp3) is 0.357. The standard InChI is InChI=1S/C14H15N5O/c20-9-13-8-19(17-16-13)7-12-6-18-5-11(10-1-2-10)3-4-14(18)15-12/h3-6,8,10,20H,1-2,7,9H2. The molecule has 0 unspecified atom stereocenters. The number of hydrogen-bond donors (Lipinski definition) is 1. The Kier molecular flexibility index (Phi) is 2.56. The Morgan fingerprint density at radius 2 is 2.05 bits per heavy atom. The molecule has 20 heavy (non-hydrogen) atoms. The lowest BCUT2D eigenvalue weighted by atomic mass is 10.2. The Balaban J connectivity index is 1.62. The molecule has 1 fully saturated rings. The van der Waals surface area contributed by atoms with Gasteiger partial charge in [-0.2, -0.15) is 0 Å². The van der Waals surface area contributed by atoms with E-state index in [0.29, 0.717) is 12.2 Å². The monoisotopic (exact) mass is 269 g/mol. The number of imidazole rings is 1. The van der Waals surface area contributed by atoms with E-state index in [9.17, 15) is 0 Å².